The molecule has 4 heterocycles. The van der Waals surface area contributed by atoms with E-state index in [1.54, 1.807) is 29.4 Å². The molecule has 1 fully saturated rings. The zero-order valence-corrected chi connectivity index (χ0v) is 16.7. The number of β-amino-alcohol motifs (C(OH)–C–C–N with tert-alkyl or cyclic N) is 1. The van der Waals surface area contributed by atoms with Crippen LogP contribution in [-0.2, 0) is 0 Å². The third kappa shape index (κ3) is 3.37. The number of carbonyl (C=O) groups excluding carboxylic acids is 1. The summed E-state index contributed by atoms with van der Waals surface area (Å²) >= 11 is 1.60. The number of thiophene rings is 1. The molecular weight excluding hydrogens is 360 g/mol. The molecule has 3 aromatic heterocycles. The normalized spacial score (nSPS) is 20.6. The summed E-state index contributed by atoms with van der Waals surface area (Å²) in [6, 6.07) is 6.00. The summed E-state index contributed by atoms with van der Waals surface area (Å²) in [6.07, 6.45) is 3.25. The molecule has 0 aliphatic carbocycles. The summed E-state index contributed by atoms with van der Waals surface area (Å²) in [4.78, 5) is 20.9. The minimum absolute atomic E-state index is 0.0662. The Morgan fingerprint density at radius 3 is 2.89 bits per heavy atom. The summed E-state index contributed by atoms with van der Waals surface area (Å²) in [5.41, 5.74) is 1.28. The smallest absolute Gasteiger partial charge is 0.254 e. The van der Waals surface area contributed by atoms with Crippen LogP contribution in [0.25, 0.3) is 21.6 Å². The molecule has 7 heteroatoms. The van der Waals surface area contributed by atoms with Gasteiger partial charge in [-0.25, -0.2) is 9.67 Å². The van der Waals surface area contributed by atoms with E-state index in [0.717, 1.165) is 28.0 Å². The number of aromatic nitrogens is 3. The van der Waals surface area contributed by atoms with Crippen LogP contribution in [0.15, 0.2) is 29.8 Å². The number of piperidine rings is 1. The Hall–Kier alpha value is -2.25. The van der Waals surface area contributed by atoms with Crippen LogP contribution >= 0.6 is 11.3 Å². The van der Waals surface area contributed by atoms with Gasteiger partial charge in [0.2, 0.25) is 0 Å². The van der Waals surface area contributed by atoms with Gasteiger partial charge in [-0.3, -0.25) is 4.79 Å². The Balaban J connectivity index is 1.84. The topological polar surface area (TPSA) is 71.2 Å². The second kappa shape index (κ2) is 6.73. The Morgan fingerprint density at radius 1 is 1.41 bits per heavy atom. The maximum Gasteiger partial charge on any atom is 0.254 e. The highest BCUT2D eigenvalue weighted by Gasteiger charge is 2.32. The molecule has 1 aliphatic rings. The molecule has 1 unspecified atom stereocenters. The minimum atomic E-state index is -0.835. The number of hydrogen-bond acceptors (Lipinski definition) is 5. The fraction of sp³-hybridized carbons (Fsp3) is 0.450. The highest BCUT2D eigenvalue weighted by Crippen LogP contribution is 2.30. The Morgan fingerprint density at radius 2 is 2.22 bits per heavy atom. The van der Waals surface area contributed by atoms with Gasteiger partial charge in [0.1, 0.15) is 0 Å². The molecule has 1 aliphatic heterocycles. The second-order valence-corrected chi connectivity index (χ2v) is 8.73. The van der Waals surface area contributed by atoms with Crippen molar-refractivity contribution in [3.05, 3.63) is 35.3 Å². The lowest BCUT2D eigenvalue weighted by Gasteiger charge is -2.37. The fourth-order valence-corrected chi connectivity index (χ4v) is 4.37. The van der Waals surface area contributed by atoms with Gasteiger partial charge in [0.05, 0.1) is 33.3 Å². The van der Waals surface area contributed by atoms with Gasteiger partial charge in [-0.2, -0.15) is 5.10 Å². The van der Waals surface area contributed by atoms with E-state index in [-0.39, 0.29) is 11.9 Å². The molecule has 0 aromatic carbocycles. The molecule has 0 spiro atoms. The molecule has 1 N–H and O–H groups in total. The van der Waals surface area contributed by atoms with E-state index in [2.05, 4.69) is 18.9 Å². The SMILES string of the molecule is CC(C)n1ncc2c(C(=O)N3CCCC(C)(O)C3)cc(-c3cccs3)nc21. The first-order valence-electron chi connectivity index (χ1n) is 9.29. The van der Waals surface area contributed by atoms with Gasteiger partial charge in [-0.1, -0.05) is 6.07 Å². The van der Waals surface area contributed by atoms with Crippen molar-refractivity contribution >= 4 is 28.3 Å². The molecule has 142 valence electrons. The van der Waals surface area contributed by atoms with E-state index in [1.807, 2.05) is 28.3 Å². The zero-order valence-electron chi connectivity index (χ0n) is 15.8. The third-order valence-corrected chi connectivity index (χ3v) is 5.91. The lowest BCUT2D eigenvalue weighted by atomic mass is 9.94. The quantitative estimate of drug-likeness (QED) is 0.747. The number of pyridine rings is 1. The second-order valence-electron chi connectivity index (χ2n) is 7.78. The minimum Gasteiger partial charge on any atom is -0.388 e. The van der Waals surface area contributed by atoms with Crippen LogP contribution < -0.4 is 0 Å². The van der Waals surface area contributed by atoms with Gasteiger partial charge >= 0.3 is 0 Å². The maximum atomic E-state index is 13.4. The molecule has 6 nitrogen and oxygen atoms in total. The number of hydrogen-bond donors (Lipinski definition) is 1. The van der Waals surface area contributed by atoms with Crippen molar-refractivity contribution in [2.75, 3.05) is 13.1 Å². The zero-order chi connectivity index (χ0) is 19.2. The van der Waals surface area contributed by atoms with E-state index < -0.39 is 5.60 Å². The standard InChI is InChI=1S/C20H24N4O2S/c1-13(2)24-18-15(11-21-24)14(10-16(22-18)17-6-4-9-27-17)19(25)23-8-5-7-20(3,26)12-23/h4,6,9-11,13,26H,5,7-8,12H2,1-3H3. The summed E-state index contributed by atoms with van der Waals surface area (Å²) in [6.45, 7) is 6.90. The van der Waals surface area contributed by atoms with Crippen LogP contribution in [0.2, 0.25) is 0 Å². The summed E-state index contributed by atoms with van der Waals surface area (Å²) in [7, 11) is 0. The predicted octanol–water partition coefficient (Wildman–Crippen LogP) is 3.73. The van der Waals surface area contributed by atoms with Crippen molar-refractivity contribution in [1.29, 1.82) is 0 Å². The number of nitrogens with zero attached hydrogens (tertiary/aromatic N) is 4. The van der Waals surface area contributed by atoms with E-state index in [1.165, 1.54) is 0 Å². The van der Waals surface area contributed by atoms with Gasteiger partial charge in [0.15, 0.2) is 5.65 Å². The average Bonchev–Trinajstić information content (AvgIpc) is 3.28. The largest absolute Gasteiger partial charge is 0.388 e. The van der Waals surface area contributed by atoms with Crippen molar-refractivity contribution in [2.45, 2.75) is 45.3 Å². The monoisotopic (exact) mass is 384 g/mol. The maximum absolute atomic E-state index is 13.4. The van der Waals surface area contributed by atoms with Gasteiger partial charge < -0.3 is 10.0 Å². The number of amides is 1. The molecule has 4 rings (SSSR count). The molecule has 0 saturated carbocycles. The average molecular weight is 385 g/mol. The van der Waals surface area contributed by atoms with E-state index in [0.29, 0.717) is 25.1 Å². The fourth-order valence-electron chi connectivity index (χ4n) is 3.69. The van der Waals surface area contributed by atoms with Crippen molar-refractivity contribution in [1.82, 2.24) is 19.7 Å². The van der Waals surface area contributed by atoms with Crippen LogP contribution in [0.3, 0.4) is 0 Å². The van der Waals surface area contributed by atoms with E-state index >= 15 is 0 Å². The van der Waals surface area contributed by atoms with Gasteiger partial charge in [-0.15, -0.1) is 11.3 Å². The number of aliphatic hydroxyl groups is 1. The van der Waals surface area contributed by atoms with Crippen molar-refractivity contribution < 1.29 is 9.90 Å². The number of rotatable bonds is 3. The molecular formula is C20H24N4O2S. The summed E-state index contributed by atoms with van der Waals surface area (Å²) < 4.78 is 1.86. The molecule has 3 aromatic rings. The Labute approximate surface area is 162 Å². The van der Waals surface area contributed by atoms with Gasteiger partial charge in [0, 0.05) is 19.1 Å². The molecule has 1 atom stereocenters. The van der Waals surface area contributed by atoms with E-state index in [4.69, 9.17) is 4.98 Å². The van der Waals surface area contributed by atoms with Crippen molar-refractivity contribution in [2.24, 2.45) is 0 Å². The lowest BCUT2D eigenvalue weighted by molar-refractivity contribution is -0.0106. The Bertz CT molecular complexity index is 975. The van der Waals surface area contributed by atoms with Crippen molar-refractivity contribution in [3.8, 4) is 10.6 Å². The highest BCUT2D eigenvalue weighted by atomic mass is 32.1. The first-order chi connectivity index (χ1) is 12.9. The number of fused-ring (bicyclic) bond motifs is 1. The van der Waals surface area contributed by atoms with Crippen molar-refractivity contribution in [3.63, 3.8) is 0 Å². The van der Waals surface area contributed by atoms with Gasteiger partial charge in [0.25, 0.3) is 5.91 Å². The molecule has 1 amide bonds. The van der Waals surface area contributed by atoms with Gasteiger partial charge in [-0.05, 0) is 51.1 Å². The van der Waals surface area contributed by atoms with Crippen LogP contribution in [0.1, 0.15) is 50.0 Å². The van der Waals surface area contributed by atoms with Crippen LogP contribution in [0.4, 0.5) is 0 Å². The lowest BCUT2D eigenvalue weighted by Crippen LogP contribution is -2.48. The molecule has 27 heavy (non-hydrogen) atoms. The highest BCUT2D eigenvalue weighted by molar-refractivity contribution is 7.13. The summed E-state index contributed by atoms with van der Waals surface area (Å²) in [5.74, 6) is -0.0662. The summed E-state index contributed by atoms with van der Waals surface area (Å²) in [5, 5.41) is 17.7. The first kappa shape index (κ1) is 18.1. The van der Waals surface area contributed by atoms with Crippen LogP contribution in [-0.4, -0.2) is 49.4 Å². The van der Waals surface area contributed by atoms with Crippen LogP contribution in [0, 0.1) is 0 Å². The molecule has 0 bridgehead atoms. The van der Waals surface area contributed by atoms with Crippen LogP contribution in [0.5, 0.6) is 0 Å². The van der Waals surface area contributed by atoms with E-state index in [9.17, 15) is 9.90 Å². The molecule has 0 radical (unpaired) electrons. The predicted molar refractivity (Wildman–Crippen MR) is 107 cm³/mol. The number of carbonyl (C=O) groups is 1. The molecule has 1 saturated heterocycles. The third-order valence-electron chi connectivity index (χ3n) is 5.02. The first-order valence-corrected chi connectivity index (χ1v) is 10.2. The Kier molecular flexibility index (Phi) is 4.52. The number of likely N-dealkylation sites (tertiary alicyclic amines) is 1.